The average molecular weight is 470 g/mol. The molecule has 3 aromatic rings. The number of anilines is 1. The summed E-state index contributed by atoms with van der Waals surface area (Å²) in [5, 5.41) is 3.55. The van der Waals surface area contributed by atoms with Crippen LogP contribution in [-0.4, -0.2) is 19.4 Å². The van der Waals surface area contributed by atoms with Crippen LogP contribution < -0.4 is 5.32 Å². The van der Waals surface area contributed by atoms with Gasteiger partial charge in [0.2, 0.25) is 26.6 Å². The molecule has 1 atom stereocenters. The normalized spacial score (nSPS) is 12.7. The number of hydrogen-bond donors (Lipinski definition) is 1. The van der Waals surface area contributed by atoms with Crippen LogP contribution in [0.1, 0.15) is 20.3 Å². The standard InChI is InChI=1S/C19H18BrClN2O3S/c1-3-12(2)22-18-19(27(24,25)16-10-6-14(20)7-11-16)23-17(26-18)13-4-8-15(21)9-5-13/h4-12,22H,3H2,1-2H3. The fourth-order valence-electron chi connectivity index (χ4n) is 2.35. The van der Waals surface area contributed by atoms with Gasteiger partial charge in [0.25, 0.3) is 0 Å². The van der Waals surface area contributed by atoms with Crippen LogP contribution in [0.25, 0.3) is 11.5 Å². The lowest BCUT2D eigenvalue weighted by Crippen LogP contribution is -2.15. The zero-order chi connectivity index (χ0) is 19.6. The lowest BCUT2D eigenvalue weighted by Gasteiger charge is -2.11. The first kappa shape index (κ1) is 19.9. The van der Waals surface area contributed by atoms with Crippen molar-refractivity contribution in [3.8, 4) is 11.5 Å². The van der Waals surface area contributed by atoms with E-state index in [1.54, 1.807) is 36.4 Å². The molecule has 27 heavy (non-hydrogen) atoms. The van der Waals surface area contributed by atoms with Crippen LogP contribution in [0.3, 0.4) is 0 Å². The highest BCUT2D eigenvalue weighted by atomic mass is 79.9. The predicted molar refractivity (Wildman–Crippen MR) is 110 cm³/mol. The Morgan fingerprint density at radius 2 is 1.78 bits per heavy atom. The number of aromatic nitrogens is 1. The Morgan fingerprint density at radius 3 is 2.37 bits per heavy atom. The highest BCUT2D eigenvalue weighted by Gasteiger charge is 2.29. The van der Waals surface area contributed by atoms with E-state index < -0.39 is 9.84 Å². The Kier molecular flexibility index (Phi) is 5.93. The van der Waals surface area contributed by atoms with Gasteiger partial charge >= 0.3 is 0 Å². The first-order valence-corrected chi connectivity index (χ1v) is 11.0. The zero-order valence-electron chi connectivity index (χ0n) is 14.7. The lowest BCUT2D eigenvalue weighted by molar-refractivity contribution is 0.566. The van der Waals surface area contributed by atoms with Gasteiger partial charge in [0.05, 0.1) is 4.90 Å². The quantitative estimate of drug-likeness (QED) is 0.494. The molecule has 2 aromatic carbocycles. The smallest absolute Gasteiger partial charge is 0.234 e. The topological polar surface area (TPSA) is 72.2 Å². The van der Waals surface area contributed by atoms with Crippen LogP contribution in [0.15, 0.2) is 67.3 Å². The molecule has 1 aromatic heterocycles. The molecule has 8 heteroatoms. The summed E-state index contributed by atoms with van der Waals surface area (Å²) in [6, 6.07) is 13.3. The van der Waals surface area contributed by atoms with Crippen molar-refractivity contribution >= 4 is 43.3 Å². The molecule has 0 radical (unpaired) electrons. The van der Waals surface area contributed by atoms with Crippen molar-refractivity contribution < 1.29 is 12.8 Å². The van der Waals surface area contributed by atoms with Gasteiger partial charge in [-0.1, -0.05) is 34.5 Å². The van der Waals surface area contributed by atoms with Gasteiger partial charge in [0.1, 0.15) is 0 Å². The van der Waals surface area contributed by atoms with Crippen molar-refractivity contribution in [1.82, 2.24) is 4.98 Å². The molecule has 142 valence electrons. The molecule has 1 N–H and O–H groups in total. The molecule has 0 aliphatic rings. The molecule has 1 unspecified atom stereocenters. The van der Waals surface area contributed by atoms with E-state index in [2.05, 4.69) is 26.2 Å². The number of sulfone groups is 1. The third kappa shape index (κ3) is 4.36. The monoisotopic (exact) mass is 468 g/mol. The van der Waals surface area contributed by atoms with Crippen LogP contribution >= 0.6 is 27.5 Å². The summed E-state index contributed by atoms with van der Waals surface area (Å²) in [4.78, 5) is 4.44. The average Bonchev–Trinajstić information content (AvgIpc) is 3.07. The second-order valence-corrected chi connectivity index (χ2v) is 9.29. The molecule has 5 nitrogen and oxygen atoms in total. The Balaban J connectivity index is 2.11. The summed E-state index contributed by atoms with van der Waals surface area (Å²) in [7, 11) is -3.85. The van der Waals surface area contributed by atoms with E-state index in [-0.39, 0.29) is 27.7 Å². The number of oxazole rings is 1. The minimum absolute atomic E-state index is 0.0230. The first-order chi connectivity index (χ1) is 12.8. The lowest BCUT2D eigenvalue weighted by atomic mass is 10.2. The Bertz CT molecular complexity index is 1030. The molecule has 1 heterocycles. The third-order valence-corrected chi connectivity index (χ3v) is 6.51. The summed E-state index contributed by atoms with van der Waals surface area (Å²) < 4.78 is 32.9. The second kappa shape index (κ2) is 8.04. The third-order valence-electron chi connectivity index (χ3n) is 4.06. The maximum atomic E-state index is 13.1. The van der Waals surface area contributed by atoms with Crippen molar-refractivity contribution in [3.05, 3.63) is 58.0 Å². The SMILES string of the molecule is CCC(C)Nc1oc(-c2ccc(Cl)cc2)nc1S(=O)(=O)c1ccc(Br)cc1. The van der Waals surface area contributed by atoms with E-state index in [0.717, 1.165) is 10.9 Å². The number of nitrogens with zero attached hydrogens (tertiary/aromatic N) is 1. The van der Waals surface area contributed by atoms with Crippen molar-refractivity contribution in [2.45, 2.75) is 36.2 Å². The number of hydrogen-bond acceptors (Lipinski definition) is 5. The molecule has 0 fully saturated rings. The molecule has 0 saturated heterocycles. The summed E-state index contributed by atoms with van der Waals surface area (Å²) in [6.07, 6.45) is 0.800. The van der Waals surface area contributed by atoms with Gasteiger partial charge in [-0.2, -0.15) is 4.98 Å². The molecule has 0 aliphatic carbocycles. The Hall–Kier alpha value is -1.83. The van der Waals surface area contributed by atoms with E-state index in [9.17, 15) is 8.42 Å². The van der Waals surface area contributed by atoms with Crippen molar-refractivity contribution in [3.63, 3.8) is 0 Å². The zero-order valence-corrected chi connectivity index (χ0v) is 17.9. The van der Waals surface area contributed by atoms with Crippen LogP contribution in [-0.2, 0) is 9.84 Å². The van der Waals surface area contributed by atoms with E-state index in [4.69, 9.17) is 16.0 Å². The number of benzene rings is 2. The van der Waals surface area contributed by atoms with E-state index in [0.29, 0.717) is 10.6 Å². The second-order valence-electron chi connectivity index (χ2n) is 6.07. The fourth-order valence-corrected chi connectivity index (χ4v) is 4.00. The highest BCUT2D eigenvalue weighted by molar-refractivity contribution is 9.10. The number of nitrogens with one attached hydrogen (secondary N) is 1. The molecule has 0 saturated carbocycles. The van der Waals surface area contributed by atoms with Crippen molar-refractivity contribution in [2.24, 2.45) is 0 Å². The van der Waals surface area contributed by atoms with Crippen molar-refractivity contribution in [1.29, 1.82) is 0 Å². The van der Waals surface area contributed by atoms with Crippen LogP contribution in [0.2, 0.25) is 5.02 Å². The molecule has 0 bridgehead atoms. The van der Waals surface area contributed by atoms with Gasteiger partial charge in [-0.3, -0.25) is 0 Å². The van der Waals surface area contributed by atoms with Gasteiger partial charge in [-0.25, -0.2) is 8.42 Å². The van der Waals surface area contributed by atoms with Crippen LogP contribution in [0.4, 0.5) is 5.88 Å². The maximum absolute atomic E-state index is 13.1. The van der Waals surface area contributed by atoms with Gasteiger partial charge < -0.3 is 9.73 Å². The Morgan fingerprint density at radius 1 is 1.15 bits per heavy atom. The summed E-state index contributed by atoms with van der Waals surface area (Å²) in [5.41, 5.74) is 0.642. The minimum atomic E-state index is -3.85. The summed E-state index contributed by atoms with van der Waals surface area (Å²) >= 11 is 9.24. The van der Waals surface area contributed by atoms with E-state index >= 15 is 0 Å². The van der Waals surface area contributed by atoms with Crippen LogP contribution in [0, 0.1) is 0 Å². The number of rotatable bonds is 6. The molecular weight excluding hydrogens is 452 g/mol. The van der Waals surface area contributed by atoms with Gasteiger partial charge in [-0.05, 0) is 61.9 Å². The summed E-state index contributed by atoms with van der Waals surface area (Å²) in [6.45, 7) is 3.94. The first-order valence-electron chi connectivity index (χ1n) is 8.35. The molecular formula is C19H18BrClN2O3S. The minimum Gasteiger partial charge on any atom is -0.419 e. The van der Waals surface area contributed by atoms with E-state index in [1.165, 1.54) is 12.1 Å². The van der Waals surface area contributed by atoms with Gasteiger partial charge in [-0.15, -0.1) is 0 Å². The van der Waals surface area contributed by atoms with Gasteiger partial charge in [0.15, 0.2) is 0 Å². The predicted octanol–water partition coefficient (Wildman–Crippen LogP) is 5.80. The van der Waals surface area contributed by atoms with E-state index in [1.807, 2.05) is 13.8 Å². The number of halogens is 2. The van der Waals surface area contributed by atoms with Gasteiger partial charge in [0, 0.05) is 21.1 Å². The highest BCUT2D eigenvalue weighted by Crippen LogP contribution is 2.33. The van der Waals surface area contributed by atoms with Crippen molar-refractivity contribution in [2.75, 3.05) is 5.32 Å². The van der Waals surface area contributed by atoms with Crippen LogP contribution in [0.5, 0.6) is 0 Å². The molecule has 0 aliphatic heterocycles. The maximum Gasteiger partial charge on any atom is 0.234 e. The molecule has 0 amide bonds. The Labute approximate surface area is 171 Å². The fraction of sp³-hybridized carbons (Fsp3) is 0.211. The summed E-state index contributed by atoms with van der Waals surface area (Å²) in [5.74, 6) is 0.352. The molecule has 0 spiro atoms. The largest absolute Gasteiger partial charge is 0.419 e. The molecule has 3 rings (SSSR count).